The van der Waals surface area contributed by atoms with Gasteiger partial charge in [0.2, 0.25) is 0 Å². The van der Waals surface area contributed by atoms with Crippen LogP contribution in [0.15, 0.2) is 48.5 Å². The van der Waals surface area contributed by atoms with Gasteiger partial charge in [-0.15, -0.1) is 0 Å². The van der Waals surface area contributed by atoms with E-state index in [4.69, 9.17) is 24.0 Å². The summed E-state index contributed by atoms with van der Waals surface area (Å²) in [6.07, 6.45) is 0. The lowest BCUT2D eigenvalue weighted by molar-refractivity contribution is 0.000186. The van der Waals surface area contributed by atoms with Crippen LogP contribution in [0.5, 0.6) is 5.75 Å². The third-order valence-electron chi connectivity index (χ3n) is 3.66. The maximum atomic E-state index is 13.0. The number of carbonyl (C=O) groups is 1. The monoisotopic (exact) mass is 449 g/mol. The molecule has 2 rings (SSSR count). The highest BCUT2D eigenvalue weighted by atomic mass is 31.2. The third kappa shape index (κ3) is 8.83. The zero-order valence-electron chi connectivity index (χ0n) is 19.0. The Balaban J connectivity index is 1.91. The number of ether oxygens (including phenoxy) is 1. The summed E-state index contributed by atoms with van der Waals surface area (Å²) in [5.41, 5.74) is 5.96. The second kappa shape index (κ2) is 9.96. The second-order valence-electron chi connectivity index (χ2n) is 9.01. The van der Waals surface area contributed by atoms with Crippen LogP contribution in [-0.2, 0) is 18.1 Å². The van der Waals surface area contributed by atoms with E-state index in [1.807, 2.05) is 0 Å². The Hall–Kier alpha value is -2.18. The van der Waals surface area contributed by atoms with Gasteiger partial charge < -0.3 is 10.5 Å². The van der Waals surface area contributed by atoms with Crippen molar-refractivity contribution in [1.82, 2.24) is 0 Å². The SMILES string of the molecule is CC(C)(C)OP(=O)(OCCOc1ccc(C(=O)c2ccc(N)cc2)cc1)OC(C)(C)C. The molecule has 170 valence electrons. The van der Waals surface area contributed by atoms with Crippen molar-refractivity contribution in [3.63, 3.8) is 0 Å². The zero-order chi connectivity index (χ0) is 23.3. The normalized spacial score (nSPS) is 12.6. The fraction of sp³-hybridized carbons (Fsp3) is 0.435. The topological polar surface area (TPSA) is 97.1 Å². The van der Waals surface area contributed by atoms with Gasteiger partial charge in [-0.3, -0.25) is 18.4 Å². The largest absolute Gasteiger partial charge is 0.491 e. The van der Waals surface area contributed by atoms with E-state index in [2.05, 4.69) is 0 Å². The van der Waals surface area contributed by atoms with Crippen molar-refractivity contribution in [2.75, 3.05) is 18.9 Å². The van der Waals surface area contributed by atoms with Gasteiger partial charge in [0.25, 0.3) is 0 Å². The minimum Gasteiger partial charge on any atom is -0.491 e. The van der Waals surface area contributed by atoms with E-state index < -0.39 is 19.0 Å². The first-order chi connectivity index (χ1) is 14.3. The Kier molecular flexibility index (Phi) is 8.06. The van der Waals surface area contributed by atoms with E-state index in [0.717, 1.165) is 0 Å². The van der Waals surface area contributed by atoms with Gasteiger partial charge in [-0.1, -0.05) is 0 Å². The number of rotatable bonds is 9. The fourth-order valence-corrected chi connectivity index (χ4v) is 4.34. The molecule has 0 saturated carbocycles. The molecule has 0 aliphatic heterocycles. The number of benzene rings is 2. The van der Waals surface area contributed by atoms with E-state index in [-0.39, 0.29) is 19.0 Å². The minimum atomic E-state index is -3.78. The predicted molar refractivity (Wildman–Crippen MR) is 121 cm³/mol. The Morgan fingerprint density at radius 3 is 1.71 bits per heavy atom. The highest BCUT2D eigenvalue weighted by Crippen LogP contribution is 2.55. The molecule has 0 fully saturated rings. The first kappa shape index (κ1) is 25.1. The molecule has 0 aromatic heterocycles. The number of ketones is 1. The zero-order valence-corrected chi connectivity index (χ0v) is 19.9. The van der Waals surface area contributed by atoms with E-state index in [9.17, 15) is 9.36 Å². The molecule has 0 aliphatic rings. The number of anilines is 1. The van der Waals surface area contributed by atoms with Crippen molar-refractivity contribution in [2.45, 2.75) is 52.7 Å². The van der Waals surface area contributed by atoms with Crippen LogP contribution >= 0.6 is 7.82 Å². The fourth-order valence-electron chi connectivity index (χ4n) is 2.55. The smallest absolute Gasteiger partial charge is 0.475 e. The maximum Gasteiger partial charge on any atom is 0.475 e. The molecule has 2 aromatic rings. The highest BCUT2D eigenvalue weighted by Gasteiger charge is 2.37. The van der Waals surface area contributed by atoms with Gasteiger partial charge in [0.1, 0.15) is 12.4 Å². The van der Waals surface area contributed by atoms with Crippen molar-refractivity contribution in [3.8, 4) is 5.75 Å². The van der Waals surface area contributed by atoms with Crippen molar-refractivity contribution in [3.05, 3.63) is 59.7 Å². The highest BCUT2D eigenvalue weighted by molar-refractivity contribution is 7.48. The average molecular weight is 449 g/mol. The van der Waals surface area contributed by atoms with Crippen molar-refractivity contribution in [2.24, 2.45) is 0 Å². The standard InChI is InChI=1S/C23H32NO6P/c1-22(2,3)29-31(26,30-23(4,5)6)28-16-15-27-20-13-9-18(10-14-20)21(25)17-7-11-19(24)12-8-17/h7-14H,15-16,24H2,1-6H3. The van der Waals surface area contributed by atoms with Crippen LogP contribution in [0.25, 0.3) is 0 Å². The molecule has 0 heterocycles. The van der Waals surface area contributed by atoms with E-state index in [1.54, 1.807) is 90.1 Å². The van der Waals surface area contributed by atoms with Crippen molar-refractivity contribution >= 4 is 19.3 Å². The number of phosphoric acid groups is 1. The van der Waals surface area contributed by atoms with Crippen LogP contribution in [0.3, 0.4) is 0 Å². The lowest BCUT2D eigenvalue weighted by Crippen LogP contribution is -2.25. The molecule has 7 nitrogen and oxygen atoms in total. The molecule has 2 N–H and O–H groups in total. The van der Waals surface area contributed by atoms with E-state index >= 15 is 0 Å². The molecule has 0 saturated heterocycles. The third-order valence-corrected chi connectivity index (χ3v) is 5.70. The maximum absolute atomic E-state index is 13.0. The van der Waals surface area contributed by atoms with Crippen LogP contribution in [0, 0.1) is 0 Å². The number of carbonyl (C=O) groups excluding carboxylic acids is 1. The average Bonchev–Trinajstić information content (AvgIpc) is 2.63. The summed E-state index contributed by atoms with van der Waals surface area (Å²) in [5.74, 6) is 0.454. The number of nitrogens with two attached hydrogens (primary N) is 1. The summed E-state index contributed by atoms with van der Waals surface area (Å²) >= 11 is 0. The molecule has 0 bridgehead atoms. The predicted octanol–water partition coefficient (Wildman–Crippen LogP) is 5.63. The van der Waals surface area contributed by atoms with Crippen LogP contribution in [-0.4, -0.2) is 30.2 Å². The van der Waals surface area contributed by atoms with Crippen LogP contribution in [0.4, 0.5) is 5.69 Å². The summed E-state index contributed by atoms with van der Waals surface area (Å²) in [7, 11) is -3.78. The van der Waals surface area contributed by atoms with Crippen LogP contribution < -0.4 is 10.5 Å². The summed E-state index contributed by atoms with van der Waals surface area (Å²) in [5, 5.41) is 0. The first-order valence-corrected chi connectivity index (χ1v) is 11.5. The Morgan fingerprint density at radius 2 is 1.26 bits per heavy atom. The molecule has 0 radical (unpaired) electrons. The molecule has 0 atom stereocenters. The summed E-state index contributed by atoms with van der Waals surface area (Å²) in [6.45, 7) is 10.8. The number of nitrogen functional groups attached to an aromatic ring is 1. The second-order valence-corrected chi connectivity index (χ2v) is 10.5. The summed E-state index contributed by atoms with van der Waals surface area (Å²) in [6, 6.07) is 13.5. The molecule has 0 amide bonds. The molecular weight excluding hydrogens is 417 g/mol. The van der Waals surface area contributed by atoms with Gasteiger partial charge in [0.15, 0.2) is 5.78 Å². The van der Waals surface area contributed by atoms with Crippen molar-refractivity contribution < 1.29 is 27.7 Å². The summed E-state index contributed by atoms with van der Waals surface area (Å²) < 4.78 is 35.2. The first-order valence-electron chi connectivity index (χ1n) is 10.1. The Labute approximate surface area is 184 Å². The van der Waals surface area contributed by atoms with E-state index in [1.165, 1.54) is 0 Å². The molecule has 0 aliphatic carbocycles. The minimum absolute atomic E-state index is 0.00948. The lowest BCUT2D eigenvalue weighted by atomic mass is 10.0. The van der Waals surface area contributed by atoms with Crippen molar-refractivity contribution in [1.29, 1.82) is 0 Å². The molecule has 0 unspecified atom stereocenters. The van der Waals surface area contributed by atoms with Gasteiger partial charge in [0, 0.05) is 16.8 Å². The molecule has 2 aromatic carbocycles. The van der Waals surface area contributed by atoms with Crippen LogP contribution in [0.2, 0.25) is 0 Å². The van der Waals surface area contributed by atoms with Crippen LogP contribution in [0.1, 0.15) is 57.5 Å². The van der Waals surface area contributed by atoms with Gasteiger partial charge in [-0.2, -0.15) is 0 Å². The summed E-state index contributed by atoms with van der Waals surface area (Å²) in [4.78, 5) is 12.5. The molecule has 31 heavy (non-hydrogen) atoms. The van der Waals surface area contributed by atoms with Gasteiger partial charge in [-0.05, 0) is 90.1 Å². The van der Waals surface area contributed by atoms with Gasteiger partial charge in [0.05, 0.1) is 17.8 Å². The number of hydrogen-bond acceptors (Lipinski definition) is 7. The van der Waals surface area contributed by atoms with Gasteiger partial charge in [-0.25, -0.2) is 4.57 Å². The molecule has 0 spiro atoms. The molecular formula is C23H32NO6P. The quantitative estimate of drug-likeness (QED) is 0.229. The lowest BCUT2D eigenvalue weighted by Gasteiger charge is -2.30. The number of hydrogen-bond donors (Lipinski definition) is 1. The van der Waals surface area contributed by atoms with Gasteiger partial charge >= 0.3 is 7.82 Å². The molecule has 8 heteroatoms. The Morgan fingerprint density at radius 1 is 0.806 bits per heavy atom. The number of phosphoric ester groups is 1. The van der Waals surface area contributed by atoms with E-state index in [0.29, 0.717) is 22.6 Å². The Bertz CT molecular complexity index is 891.